The normalized spacial score (nSPS) is 19.3. The highest BCUT2D eigenvalue weighted by Crippen LogP contribution is 2.44. The van der Waals surface area contributed by atoms with Crippen LogP contribution in [-0.2, 0) is 9.59 Å². The van der Waals surface area contributed by atoms with Gasteiger partial charge in [0.25, 0.3) is 5.91 Å². The van der Waals surface area contributed by atoms with E-state index in [0.717, 1.165) is 12.8 Å². The summed E-state index contributed by atoms with van der Waals surface area (Å²) in [5.41, 5.74) is 1.88. The molecular formula is C26H22F2N4O2S. The lowest BCUT2D eigenvalue weighted by molar-refractivity contribution is -0.138. The average Bonchev–Trinajstić information content (AvgIpc) is 3.65. The summed E-state index contributed by atoms with van der Waals surface area (Å²) >= 11 is 1.22. The number of nitriles is 1. The third-order valence-electron chi connectivity index (χ3n) is 6.30. The van der Waals surface area contributed by atoms with Gasteiger partial charge in [-0.1, -0.05) is 11.8 Å². The van der Waals surface area contributed by atoms with E-state index in [0.29, 0.717) is 48.2 Å². The minimum absolute atomic E-state index is 0.0327. The molecule has 178 valence electrons. The standard InChI is InChI=1S/C26H22F2N4O2S/c27-19-5-3-17(4-6-19)23-16-35-26(32(23)21-9-7-20(28)8-10-21)22(15-29)25(34)31-13-11-30(12-14-31)24(33)18-1-2-18/h3-10,16,18H,1-2,11-14H2. The van der Waals surface area contributed by atoms with E-state index in [1.165, 1.54) is 36.0 Å². The van der Waals surface area contributed by atoms with Crippen LogP contribution in [0.25, 0.3) is 5.70 Å². The molecule has 2 aromatic rings. The Morgan fingerprint density at radius 2 is 1.46 bits per heavy atom. The van der Waals surface area contributed by atoms with E-state index < -0.39 is 11.7 Å². The van der Waals surface area contributed by atoms with Gasteiger partial charge in [-0.2, -0.15) is 5.26 Å². The van der Waals surface area contributed by atoms with Crippen molar-refractivity contribution in [3.63, 3.8) is 0 Å². The summed E-state index contributed by atoms with van der Waals surface area (Å²) in [7, 11) is 0. The van der Waals surface area contributed by atoms with Crippen LogP contribution in [0.3, 0.4) is 0 Å². The van der Waals surface area contributed by atoms with Crippen LogP contribution in [0.15, 0.2) is 64.5 Å². The Morgan fingerprint density at radius 3 is 2.03 bits per heavy atom. The van der Waals surface area contributed by atoms with Gasteiger partial charge in [-0.3, -0.25) is 9.59 Å². The lowest BCUT2D eigenvalue weighted by Crippen LogP contribution is -2.51. The maximum Gasteiger partial charge on any atom is 0.267 e. The summed E-state index contributed by atoms with van der Waals surface area (Å²) in [6.07, 6.45) is 1.87. The molecule has 9 heteroatoms. The Hall–Kier alpha value is -3.64. The molecule has 35 heavy (non-hydrogen) atoms. The second-order valence-electron chi connectivity index (χ2n) is 8.62. The molecule has 0 bridgehead atoms. The first-order valence-corrected chi connectivity index (χ1v) is 12.2. The number of thioether (sulfide) groups is 1. The van der Waals surface area contributed by atoms with Crippen LogP contribution in [0.1, 0.15) is 18.4 Å². The highest BCUT2D eigenvalue weighted by Gasteiger charge is 2.37. The fourth-order valence-corrected chi connectivity index (χ4v) is 5.25. The van der Waals surface area contributed by atoms with Crippen molar-refractivity contribution < 1.29 is 18.4 Å². The number of carbonyl (C=O) groups excluding carboxylic acids is 2. The van der Waals surface area contributed by atoms with Crippen molar-refractivity contribution in [3.05, 3.63) is 81.7 Å². The third-order valence-corrected chi connectivity index (χ3v) is 7.25. The molecule has 2 heterocycles. The molecule has 6 nitrogen and oxygen atoms in total. The van der Waals surface area contributed by atoms with E-state index in [1.54, 1.807) is 44.4 Å². The summed E-state index contributed by atoms with van der Waals surface area (Å²) < 4.78 is 27.2. The van der Waals surface area contributed by atoms with Crippen LogP contribution in [0.4, 0.5) is 14.5 Å². The van der Waals surface area contributed by atoms with Crippen molar-refractivity contribution in [2.75, 3.05) is 31.1 Å². The Labute approximate surface area is 206 Å². The van der Waals surface area contributed by atoms with Gasteiger partial charge in [0, 0.05) is 43.2 Å². The lowest BCUT2D eigenvalue weighted by Gasteiger charge is -2.35. The molecule has 0 N–H and O–H groups in total. The quantitative estimate of drug-likeness (QED) is 0.470. The van der Waals surface area contributed by atoms with Crippen molar-refractivity contribution >= 4 is 35.0 Å². The SMILES string of the molecule is N#CC(C(=O)N1CCN(C(=O)C2CC2)CC1)=C1SC=C(c2ccc(F)cc2)N1c1ccc(F)cc1. The molecule has 5 rings (SSSR count). The number of hydrogen-bond donors (Lipinski definition) is 0. The van der Waals surface area contributed by atoms with Gasteiger partial charge in [0.1, 0.15) is 28.3 Å². The number of nitrogens with zero attached hydrogens (tertiary/aromatic N) is 4. The first-order valence-electron chi connectivity index (χ1n) is 11.4. The zero-order chi connectivity index (χ0) is 24.5. The Balaban J connectivity index is 1.44. The molecule has 2 aliphatic heterocycles. The van der Waals surface area contributed by atoms with Crippen molar-refractivity contribution in [1.29, 1.82) is 5.26 Å². The molecule has 0 radical (unpaired) electrons. The maximum absolute atomic E-state index is 13.6. The summed E-state index contributed by atoms with van der Waals surface area (Å²) in [4.78, 5) is 30.9. The van der Waals surface area contributed by atoms with Crippen LogP contribution >= 0.6 is 11.8 Å². The summed E-state index contributed by atoms with van der Waals surface area (Å²) in [6, 6.07) is 13.7. The van der Waals surface area contributed by atoms with Gasteiger partial charge in [-0.05, 0) is 66.9 Å². The number of carbonyl (C=O) groups is 2. The van der Waals surface area contributed by atoms with Crippen LogP contribution in [0.2, 0.25) is 0 Å². The molecule has 3 aliphatic rings. The molecule has 2 fully saturated rings. The van der Waals surface area contributed by atoms with Crippen LogP contribution in [0, 0.1) is 28.9 Å². The van der Waals surface area contributed by atoms with E-state index in [9.17, 15) is 23.6 Å². The fraction of sp³-hybridized carbons (Fsp3) is 0.269. The maximum atomic E-state index is 13.6. The molecule has 1 saturated heterocycles. The fourth-order valence-electron chi connectivity index (χ4n) is 4.23. The van der Waals surface area contributed by atoms with Crippen LogP contribution < -0.4 is 4.90 Å². The Kier molecular flexibility index (Phi) is 6.31. The highest BCUT2D eigenvalue weighted by molar-refractivity contribution is 8.06. The topological polar surface area (TPSA) is 67.6 Å². The largest absolute Gasteiger partial charge is 0.339 e. The zero-order valence-electron chi connectivity index (χ0n) is 18.8. The van der Waals surface area contributed by atoms with Gasteiger partial charge in [0.15, 0.2) is 0 Å². The number of piperazine rings is 1. The van der Waals surface area contributed by atoms with Gasteiger partial charge in [0.2, 0.25) is 5.91 Å². The van der Waals surface area contributed by atoms with Crippen LogP contribution in [-0.4, -0.2) is 47.8 Å². The Morgan fingerprint density at radius 1 is 0.886 bits per heavy atom. The van der Waals surface area contributed by atoms with E-state index in [2.05, 4.69) is 6.07 Å². The van der Waals surface area contributed by atoms with Gasteiger partial charge in [-0.15, -0.1) is 0 Å². The zero-order valence-corrected chi connectivity index (χ0v) is 19.6. The number of hydrogen-bond acceptors (Lipinski definition) is 5. The first kappa shape index (κ1) is 23.1. The van der Waals surface area contributed by atoms with Gasteiger partial charge >= 0.3 is 0 Å². The molecule has 1 aliphatic carbocycles. The third kappa shape index (κ3) is 4.66. The molecular weight excluding hydrogens is 470 g/mol. The molecule has 0 aromatic heterocycles. The number of anilines is 1. The second-order valence-corrected chi connectivity index (χ2v) is 9.48. The van der Waals surface area contributed by atoms with Crippen molar-refractivity contribution in [1.82, 2.24) is 9.80 Å². The number of rotatable bonds is 4. The lowest BCUT2D eigenvalue weighted by atomic mass is 10.1. The van der Waals surface area contributed by atoms with E-state index in [4.69, 9.17) is 0 Å². The van der Waals surface area contributed by atoms with Crippen molar-refractivity contribution in [2.24, 2.45) is 5.92 Å². The molecule has 0 unspecified atom stereocenters. The molecule has 1 saturated carbocycles. The second kappa shape index (κ2) is 9.55. The monoisotopic (exact) mass is 492 g/mol. The Bertz CT molecular complexity index is 1260. The van der Waals surface area contributed by atoms with Crippen molar-refractivity contribution in [3.8, 4) is 6.07 Å². The minimum Gasteiger partial charge on any atom is -0.339 e. The van der Waals surface area contributed by atoms with E-state index in [-0.39, 0.29) is 23.2 Å². The molecule has 2 aromatic carbocycles. The molecule has 0 spiro atoms. The summed E-state index contributed by atoms with van der Waals surface area (Å²) in [5, 5.41) is 12.2. The summed E-state index contributed by atoms with van der Waals surface area (Å²) in [5.74, 6) is -0.915. The number of amides is 2. The van der Waals surface area contributed by atoms with E-state index >= 15 is 0 Å². The first-order chi connectivity index (χ1) is 17.0. The predicted octanol–water partition coefficient (Wildman–Crippen LogP) is 4.33. The van der Waals surface area contributed by atoms with E-state index in [1.807, 2.05) is 0 Å². The van der Waals surface area contributed by atoms with Crippen molar-refractivity contribution in [2.45, 2.75) is 12.8 Å². The van der Waals surface area contributed by atoms with Gasteiger partial charge in [0.05, 0.1) is 5.70 Å². The van der Waals surface area contributed by atoms with Gasteiger partial charge < -0.3 is 14.7 Å². The van der Waals surface area contributed by atoms with Gasteiger partial charge in [-0.25, -0.2) is 8.78 Å². The summed E-state index contributed by atoms with van der Waals surface area (Å²) in [6.45, 7) is 1.61. The predicted molar refractivity (Wildman–Crippen MR) is 129 cm³/mol. The smallest absolute Gasteiger partial charge is 0.267 e. The minimum atomic E-state index is -0.409. The number of benzene rings is 2. The highest BCUT2D eigenvalue weighted by atomic mass is 32.2. The average molecular weight is 493 g/mol. The van der Waals surface area contributed by atoms with Crippen LogP contribution in [0.5, 0.6) is 0 Å². The number of halogens is 2. The molecule has 0 atom stereocenters. The molecule has 2 amide bonds.